The summed E-state index contributed by atoms with van der Waals surface area (Å²) in [5.41, 5.74) is 5.58. The fourth-order valence-corrected chi connectivity index (χ4v) is 1.69. The summed E-state index contributed by atoms with van der Waals surface area (Å²) in [6, 6.07) is 2.57. The predicted molar refractivity (Wildman–Crippen MR) is 71.2 cm³/mol. The van der Waals surface area contributed by atoms with E-state index < -0.39 is 10.5 Å². The summed E-state index contributed by atoms with van der Waals surface area (Å²) in [5.74, 6) is 0. The number of aromatic nitrogens is 2. The summed E-state index contributed by atoms with van der Waals surface area (Å²) in [6.07, 6.45) is 1.26. The molecule has 1 aromatic heterocycles. The Hall–Kier alpha value is -2.48. The summed E-state index contributed by atoms with van der Waals surface area (Å²) in [4.78, 5) is 28.5. The van der Waals surface area contributed by atoms with Crippen LogP contribution in [0.5, 0.6) is 0 Å². The third-order valence-corrected chi connectivity index (χ3v) is 2.71. The molecule has 4 N–H and O–H groups in total. The number of benzene rings is 1. The standard InChI is InChI=1S/C11H13N5O3/c1-6(4-12)15-9-3-8-7(2-10(9)16(18)19)11(17)14-5-13-8/h2-3,5-6,15H,4,12H2,1H3,(H,13,14,17). The second kappa shape index (κ2) is 5.02. The van der Waals surface area contributed by atoms with Crippen LogP contribution in [0.4, 0.5) is 11.4 Å². The second-order valence-corrected chi connectivity index (χ2v) is 4.16. The van der Waals surface area contributed by atoms with Gasteiger partial charge < -0.3 is 16.0 Å². The summed E-state index contributed by atoms with van der Waals surface area (Å²) >= 11 is 0. The van der Waals surface area contributed by atoms with E-state index in [0.29, 0.717) is 17.7 Å². The molecule has 8 heteroatoms. The minimum absolute atomic E-state index is 0.127. The number of anilines is 1. The average molecular weight is 263 g/mol. The first kappa shape index (κ1) is 13.0. The molecule has 0 amide bonds. The molecule has 0 aliphatic carbocycles. The van der Waals surface area contributed by atoms with Gasteiger partial charge in [-0.3, -0.25) is 14.9 Å². The molecule has 100 valence electrons. The number of nitrogens with two attached hydrogens (primary N) is 1. The lowest BCUT2D eigenvalue weighted by Gasteiger charge is -2.13. The van der Waals surface area contributed by atoms with Crippen molar-refractivity contribution in [2.24, 2.45) is 5.73 Å². The lowest BCUT2D eigenvalue weighted by atomic mass is 10.1. The second-order valence-electron chi connectivity index (χ2n) is 4.16. The van der Waals surface area contributed by atoms with Gasteiger partial charge >= 0.3 is 0 Å². The van der Waals surface area contributed by atoms with Gasteiger partial charge in [0.05, 0.1) is 22.2 Å². The van der Waals surface area contributed by atoms with Crippen LogP contribution >= 0.6 is 0 Å². The number of nitrogens with zero attached hydrogens (tertiary/aromatic N) is 2. The fourth-order valence-electron chi connectivity index (χ4n) is 1.69. The van der Waals surface area contributed by atoms with E-state index in [2.05, 4.69) is 15.3 Å². The Morgan fingerprint density at radius 1 is 1.58 bits per heavy atom. The van der Waals surface area contributed by atoms with Crippen molar-refractivity contribution in [3.05, 3.63) is 38.9 Å². The highest BCUT2D eigenvalue weighted by Crippen LogP contribution is 2.28. The molecule has 19 heavy (non-hydrogen) atoms. The first-order chi connectivity index (χ1) is 9.02. The summed E-state index contributed by atoms with van der Waals surface area (Å²) in [5, 5.41) is 14.2. The Balaban J connectivity index is 2.64. The van der Waals surface area contributed by atoms with Crippen LogP contribution in [0.3, 0.4) is 0 Å². The fraction of sp³-hybridized carbons (Fsp3) is 0.273. The van der Waals surface area contributed by atoms with Crippen LogP contribution in [-0.4, -0.2) is 27.5 Å². The van der Waals surface area contributed by atoms with E-state index in [1.165, 1.54) is 18.5 Å². The van der Waals surface area contributed by atoms with Crippen LogP contribution in [-0.2, 0) is 0 Å². The van der Waals surface area contributed by atoms with Crippen LogP contribution in [0.2, 0.25) is 0 Å². The van der Waals surface area contributed by atoms with Crippen LogP contribution in [0.15, 0.2) is 23.3 Å². The maximum atomic E-state index is 11.6. The smallest absolute Gasteiger partial charge is 0.293 e. The van der Waals surface area contributed by atoms with Gasteiger partial charge in [-0.1, -0.05) is 0 Å². The molecule has 0 aliphatic heterocycles. The van der Waals surface area contributed by atoms with Crippen molar-refractivity contribution >= 4 is 22.3 Å². The topological polar surface area (TPSA) is 127 Å². The van der Waals surface area contributed by atoms with Crippen molar-refractivity contribution in [2.75, 3.05) is 11.9 Å². The SMILES string of the molecule is CC(CN)Nc1cc2nc[nH]c(=O)c2cc1[N+](=O)[O-]. The lowest BCUT2D eigenvalue weighted by molar-refractivity contribution is -0.383. The van der Waals surface area contributed by atoms with Crippen LogP contribution in [0.25, 0.3) is 10.9 Å². The molecule has 0 aliphatic rings. The van der Waals surface area contributed by atoms with Crippen molar-refractivity contribution in [3.63, 3.8) is 0 Å². The zero-order valence-electron chi connectivity index (χ0n) is 10.2. The molecular weight excluding hydrogens is 250 g/mol. The molecule has 8 nitrogen and oxygen atoms in total. The average Bonchev–Trinajstić information content (AvgIpc) is 2.38. The van der Waals surface area contributed by atoms with E-state index in [4.69, 9.17) is 5.73 Å². The van der Waals surface area contributed by atoms with E-state index in [1.54, 1.807) is 6.92 Å². The normalized spacial score (nSPS) is 12.3. The minimum atomic E-state index is -0.544. The zero-order valence-corrected chi connectivity index (χ0v) is 10.2. The van der Waals surface area contributed by atoms with Gasteiger partial charge in [-0.05, 0) is 13.0 Å². The molecule has 1 heterocycles. The third kappa shape index (κ3) is 2.52. The molecule has 1 aromatic carbocycles. The van der Waals surface area contributed by atoms with Crippen LogP contribution < -0.4 is 16.6 Å². The molecule has 1 unspecified atom stereocenters. The predicted octanol–water partition coefficient (Wildman–Crippen LogP) is 0.590. The zero-order chi connectivity index (χ0) is 14.0. The van der Waals surface area contributed by atoms with E-state index in [0.717, 1.165) is 0 Å². The molecule has 0 saturated carbocycles. The van der Waals surface area contributed by atoms with E-state index in [9.17, 15) is 14.9 Å². The van der Waals surface area contributed by atoms with Crippen molar-refractivity contribution in [3.8, 4) is 0 Å². The van der Waals surface area contributed by atoms with E-state index in [1.807, 2.05) is 0 Å². The highest BCUT2D eigenvalue weighted by Gasteiger charge is 2.18. The number of nitrogens with one attached hydrogen (secondary N) is 2. The molecular formula is C11H13N5O3. The number of nitro benzene ring substituents is 1. The molecule has 0 bridgehead atoms. The Morgan fingerprint density at radius 3 is 2.95 bits per heavy atom. The summed E-state index contributed by atoms with van der Waals surface area (Å²) in [6.45, 7) is 2.14. The minimum Gasteiger partial charge on any atom is -0.376 e. The number of hydrogen-bond donors (Lipinski definition) is 3. The van der Waals surface area contributed by atoms with Crippen molar-refractivity contribution in [2.45, 2.75) is 13.0 Å². The molecule has 0 saturated heterocycles. The molecule has 2 aromatic rings. The van der Waals surface area contributed by atoms with Crippen LogP contribution in [0, 0.1) is 10.1 Å². The summed E-state index contributed by atoms with van der Waals surface area (Å²) < 4.78 is 0. The number of aromatic amines is 1. The lowest BCUT2D eigenvalue weighted by Crippen LogP contribution is -2.25. The highest BCUT2D eigenvalue weighted by molar-refractivity contribution is 5.86. The quantitative estimate of drug-likeness (QED) is 0.547. The van der Waals surface area contributed by atoms with E-state index in [-0.39, 0.29) is 17.1 Å². The van der Waals surface area contributed by atoms with E-state index >= 15 is 0 Å². The number of hydrogen-bond acceptors (Lipinski definition) is 6. The number of H-pyrrole nitrogens is 1. The van der Waals surface area contributed by atoms with Gasteiger partial charge in [-0.25, -0.2) is 4.98 Å². The Kier molecular flexibility index (Phi) is 3.43. The first-order valence-electron chi connectivity index (χ1n) is 5.65. The van der Waals surface area contributed by atoms with Gasteiger partial charge in [-0.15, -0.1) is 0 Å². The number of rotatable bonds is 4. The van der Waals surface area contributed by atoms with Crippen LogP contribution in [0.1, 0.15) is 6.92 Å². The molecule has 0 spiro atoms. The van der Waals surface area contributed by atoms with Crippen molar-refractivity contribution in [1.29, 1.82) is 0 Å². The number of fused-ring (bicyclic) bond motifs is 1. The largest absolute Gasteiger partial charge is 0.376 e. The summed E-state index contributed by atoms with van der Waals surface area (Å²) in [7, 11) is 0. The molecule has 0 fully saturated rings. The highest BCUT2D eigenvalue weighted by atomic mass is 16.6. The van der Waals surface area contributed by atoms with Gasteiger partial charge in [0.15, 0.2) is 0 Å². The monoisotopic (exact) mass is 263 g/mol. The Labute approximate surface area is 107 Å². The Morgan fingerprint density at radius 2 is 2.32 bits per heavy atom. The number of nitro groups is 1. The maximum absolute atomic E-state index is 11.6. The third-order valence-electron chi connectivity index (χ3n) is 2.71. The maximum Gasteiger partial charge on any atom is 0.293 e. The van der Waals surface area contributed by atoms with Gasteiger partial charge in [0.25, 0.3) is 11.2 Å². The van der Waals surface area contributed by atoms with Crippen molar-refractivity contribution < 1.29 is 4.92 Å². The van der Waals surface area contributed by atoms with Gasteiger partial charge in [-0.2, -0.15) is 0 Å². The van der Waals surface area contributed by atoms with Gasteiger partial charge in [0, 0.05) is 18.7 Å². The van der Waals surface area contributed by atoms with Gasteiger partial charge in [0.2, 0.25) is 0 Å². The Bertz CT molecular complexity index is 682. The molecule has 2 rings (SSSR count). The molecule has 1 atom stereocenters. The molecule has 0 radical (unpaired) electrons. The van der Waals surface area contributed by atoms with Crippen molar-refractivity contribution in [1.82, 2.24) is 9.97 Å². The van der Waals surface area contributed by atoms with Gasteiger partial charge in [0.1, 0.15) is 5.69 Å². The first-order valence-corrected chi connectivity index (χ1v) is 5.65.